The number of carbonyl (C=O) groups excluding carboxylic acids is 3. The second-order valence-electron chi connectivity index (χ2n) is 17.1. The molecule has 18 heteroatoms. The number of amides is 1. The van der Waals surface area contributed by atoms with Crippen LogP contribution in [0.3, 0.4) is 0 Å². The van der Waals surface area contributed by atoms with E-state index in [9.17, 15) is 43.2 Å². The first-order chi connectivity index (χ1) is 27.2. The molecule has 1 aromatic heterocycles. The number of pyridine rings is 1. The van der Waals surface area contributed by atoms with Crippen LogP contribution in [0.2, 0.25) is 0 Å². The monoisotopic (exact) mass is 1500 g/mol. The maximum Gasteiger partial charge on any atom is 0.430 e. The molecule has 4 heterocycles. The summed E-state index contributed by atoms with van der Waals surface area (Å²) >= 11 is 0. The normalized spacial score (nSPS) is 34.5. The molecular formula is C43H53Ac3F3N2O10. The number of ether oxygens (including phenoxy) is 2. The predicted octanol–water partition coefficient (Wildman–Crippen LogP) is 5.24. The van der Waals surface area contributed by atoms with Gasteiger partial charge in [0.2, 0.25) is 0 Å². The number of aromatic hydroxyl groups is 2. The summed E-state index contributed by atoms with van der Waals surface area (Å²) in [7, 11) is 0. The van der Waals surface area contributed by atoms with E-state index in [4.69, 9.17) is 19.4 Å². The van der Waals surface area contributed by atoms with Crippen molar-refractivity contribution in [3.8, 4) is 11.5 Å². The summed E-state index contributed by atoms with van der Waals surface area (Å²) in [5.74, 6) is -5.72. The Morgan fingerprint density at radius 1 is 0.934 bits per heavy atom. The average Bonchev–Trinajstić information content (AvgIpc) is 3.46. The van der Waals surface area contributed by atoms with Crippen molar-refractivity contribution in [1.82, 2.24) is 5.32 Å². The number of allylic oxidation sites excluding steroid dienone is 3. The van der Waals surface area contributed by atoms with E-state index in [1.807, 2.05) is 13.0 Å². The molecule has 2 saturated heterocycles. The fraction of sp³-hybridized carbons (Fsp3) is 0.581. The molecule has 3 radical (unpaired) electrons. The maximum atomic E-state index is 14.9. The number of carboxylic acid groups (broad SMARTS) is 1. The third-order valence-corrected chi connectivity index (χ3v) is 13.2. The number of carboxylic acids is 1. The molecule has 5 N–H and O–H groups in total. The van der Waals surface area contributed by atoms with Crippen molar-refractivity contribution in [3.05, 3.63) is 77.5 Å². The zero-order chi connectivity index (χ0) is 42.4. The van der Waals surface area contributed by atoms with E-state index < -0.39 is 41.9 Å². The summed E-state index contributed by atoms with van der Waals surface area (Å²) in [5.41, 5.74) is 1.74. The Kier molecular flexibility index (Phi) is 20.4. The Bertz CT molecular complexity index is 1930. The van der Waals surface area contributed by atoms with Gasteiger partial charge in [-0.25, -0.2) is 0 Å². The first-order valence-electron chi connectivity index (χ1n) is 20.0. The second kappa shape index (κ2) is 22.6. The number of aliphatic hydroxyl groups excluding tert-OH is 2. The van der Waals surface area contributed by atoms with Gasteiger partial charge in [0.15, 0.2) is 29.7 Å². The number of benzene rings is 1. The summed E-state index contributed by atoms with van der Waals surface area (Å²) in [4.78, 5) is 37.0. The SMILES string of the molecule is CC1=CC2CCC(O)C(C)C2[C@@H](C(=O)C2=C(O)C([n+]3ccccc3)C(=O)N2)[C@@H]1CC1OC2(CCC(C)C(c3cc(O)cc(O)c3)O2)C(C)CC1C.O=C([O-])C(F)(F)F.[Ac].[Ac].[Ac]. The number of halogens is 3. The van der Waals surface area contributed by atoms with E-state index >= 15 is 0 Å². The molecular weight excluding hydrogens is 1440 g/mol. The van der Waals surface area contributed by atoms with Crippen molar-refractivity contribution < 1.29 is 199 Å². The molecule has 1 aromatic carbocycles. The minimum Gasteiger partial charge on any atom is -0.542 e. The Morgan fingerprint density at radius 3 is 2.13 bits per heavy atom. The first kappa shape index (κ1) is 55.2. The van der Waals surface area contributed by atoms with Crippen LogP contribution >= 0.6 is 0 Å². The van der Waals surface area contributed by atoms with Crippen LogP contribution in [0.4, 0.5) is 13.2 Å². The fourth-order valence-corrected chi connectivity index (χ4v) is 10.2. The number of aliphatic carboxylic acids is 1. The maximum absolute atomic E-state index is 14.9. The van der Waals surface area contributed by atoms with E-state index in [1.165, 1.54) is 6.07 Å². The Morgan fingerprint density at radius 2 is 1.54 bits per heavy atom. The third-order valence-electron chi connectivity index (χ3n) is 13.2. The predicted molar refractivity (Wildman–Crippen MR) is 199 cm³/mol. The summed E-state index contributed by atoms with van der Waals surface area (Å²) in [6.45, 7) is 10.6. The molecule has 325 valence electrons. The van der Waals surface area contributed by atoms with Crippen LogP contribution in [0.25, 0.3) is 0 Å². The number of rotatable bonds is 6. The molecule has 0 bridgehead atoms. The van der Waals surface area contributed by atoms with Crippen LogP contribution in [0.15, 0.2) is 71.9 Å². The Balaban J connectivity index is 0.000000915. The quantitative estimate of drug-likeness (QED) is 0.189. The summed E-state index contributed by atoms with van der Waals surface area (Å²) in [6.07, 6.45) is 3.63. The van der Waals surface area contributed by atoms with Crippen LogP contribution in [-0.4, -0.2) is 62.3 Å². The molecule has 1 saturated carbocycles. The Hall–Kier alpha value is -0.145. The molecule has 5 aliphatic rings. The molecule has 2 aromatic rings. The minimum absolute atomic E-state index is 0. The van der Waals surface area contributed by atoms with Gasteiger partial charge in [-0.05, 0) is 92.2 Å². The number of hydrogen-bond acceptors (Lipinski definition) is 10. The topological polar surface area (TPSA) is 190 Å². The molecule has 12 nitrogen and oxygen atoms in total. The number of Topliss-reactive ketones (excluding diaryl/α,β-unsaturated/α-hetero) is 1. The minimum atomic E-state index is -5.19. The van der Waals surface area contributed by atoms with Crippen molar-refractivity contribution in [2.45, 2.75) is 109 Å². The molecule has 3 fully saturated rings. The number of alkyl halides is 3. The van der Waals surface area contributed by atoms with E-state index in [0.717, 1.165) is 24.8 Å². The number of nitrogens with one attached hydrogen (secondary N) is 1. The van der Waals surface area contributed by atoms with Gasteiger partial charge in [-0.15, -0.1) is 0 Å². The van der Waals surface area contributed by atoms with Crippen molar-refractivity contribution >= 4 is 17.7 Å². The number of phenolic OH excluding ortho intramolecular Hbond substituents is 2. The molecule has 1 amide bonds. The molecule has 11 unspecified atom stereocenters. The number of phenols is 2. The zero-order valence-corrected chi connectivity index (χ0v) is 49.2. The number of aliphatic hydroxyl groups is 2. The van der Waals surface area contributed by atoms with Gasteiger partial charge in [0, 0.05) is 169 Å². The van der Waals surface area contributed by atoms with E-state index in [-0.39, 0.29) is 215 Å². The summed E-state index contributed by atoms with van der Waals surface area (Å²) in [5, 5.41) is 54.7. The third kappa shape index (κ3) is 12.1. The van der Waals surface area contributed by atoms with Crippen molar-refractivity contribution in [1.29, 1.82) is 0 Å². The smallest absolute Gasteiger partial charge is 0.430 e. The van der Waals surface area contributed by atoms with Crippen molar-refractivity contribution in [2.75, 3.05) is 0 Å². The number of hydrogen-bond donors (Lipinski definition) is 5. The number of nitrogens with zero attached hydrogens (tertiary/aromatic N) is 1. The molecule has 61 heavy (non-hydrogen) atoms. The standard InChI is InChI=1S/C41H52N2O8.C2HF3O2.3Ac/c1-21-11-12-41(51-39(21)27-17-28(44)19-29(45)18-27)24(4)15-23(3)32(50-41)20-30-22(2)16-26-9-10-31(46)25(5)33(26)34(30)37(47)35-38(48)36(40(49)42-35)43-13-7-6-8-14-43;3-2(4,5)1(6)7;;;/h6-8,13-14,16-19,21,23-26,30-34,36,39,46H,9-12,15,20H2,1-5H3,(H3-,42,44,45,47,48,49);(H,6,7);;;/t21?,23?,24?,25?,26?,30-,31?,32?,33?,34+,36?,39?,41?;;;;/m1..../s1. The van der Waals surface area contributed by atoms with Gasteiger partial charge < -0.3 is 45.1 Å². The molecule has 13 atom stereocenters. The molecule has 3 aliphatic heterocycles. The number of fused-ring (bicyclic) bond motifs is 1. The number of ketones is 1. The van der Waals surface area contributed by atoms with Gasteiger partial charge in [0.1, 0.15) is 23.2 Å². The number of aromatic nitrogens is 1. The largest absolute Gasteiger partial charge is 0.542 e. The van der Waals surface area contributed by atoms with Gasteiger partial charge in [0.05, 0.1) is 18.3 Å². The average molecular weight is 1500 g/mol. The second-order valence-corrected chi connectivity index (χ2v) is 17.1. The Labute approximate surface area is 461 Å². The van der Waals surface area contributed by atoms with Crippen molar-refractivity contribution in [2.24, 2.45) is 47.3 Å². The molecule has 2 aliphatic carbocycles. The van der Waals surface area contributed by atoms with Gasteiger partial charge in [-0.1, -0.05) is 45.4 Å². The fourth-order valence-electron chi connectivity index (χ4n) is 10.2. The van der Waals surface area contributed by atoms with Gasteiger partial charge in [-0.3, -0.25) is 9.59 Å². The molecule has 1 spiro atoms. The van der Waals surface area contributed by atoms with E-state index in [1.54, 1.807) is 41.2 Å². The van der Waals surface area contributed by atoms with Gasteiger partial charge in [0.25, 0.3) is 6.04 Å². The van der Waals surface area contributed by atoms with E-state index in [0.29, 0.717) is 24.8 Å². The zero-order valence-electron chi connectivity index (χ0n) is 34.9. The van der Waals surface area contributed by atoms with Gasteiger partial charge in [-0.2, -0.15) is 17.7 Å². The summed E-state index contributed by atoms with van der Waals surface area (Å²) < 4.78 is 47.2. The van der Waals surface area contributed by atoms with Crippen LogP contribution in [-0.2, 0) is 23.9 Å². The van der Waals surface area contributed by atoms with Crippen molar-refractivity contribution in [3.63, 3.8) is 0 Å². The molecule has 7 rings (SSSR count). The summed E-state index contributed by atoms with van der Waals surface area (Å²) in [6, 6.07) is 8.92. The van der Waals surface area contributed by atoms with Gasteiger partial charge >= 0.3 is 12.1 Å². The number of carbonyl (C=O) groups is 3. The van der Waals surface area contributed by atoms with Crippen LogP contribution in [0, 0.1) is 180 Å². The van der Waals surface area contributed by atoms with Crippen LogP contribution < -0.4 is 15.0 Å². The van der Waals surface area contributed by atoms with Crippen LogP contribution in [0.5, 0.6) is 11.5 Å². The first-order valence-corrected chi connectivity index (χ1v) is 20.0. The van der Waals surface area contributed by atoms with E-state index in [2.05, 4.69) is 39.1 Å². The van der Waals surface area contributed by atoms with Crippen LogP contribution in [0.1, 0.15) is 90.9 Å².